The fourth-order valence-corrected chi connectivity index (χ4v) is 2.24. The van der Waals surface area contributed by atoms with Gasteiger partial charge >= 0.3 is 0 Å². The lowest BCUT2D eigenvalue weighted by molar-refractivity contribution is 0.0946. The summed E-state index contributed by atoms with van der Waals surface area (Å²) in [4.78, 5) is 12.0. The highest BCUT2D eigenvalue weighted by Crippen LogP contribution is 2.04. The first-order chi connectivity index (χ1) is 11.2. The fraction of sp³-hybridized carbons (Fsp3) is 0.286. The lowest BCUT2D eigenvalue weighted by atomic mass is 10.3. The second-order valence-electron chi connectivity index (χ2n) is 4.96. The highest BCUT2D eigenvalue weighted by molar-refractivity contribution is 6.30. The Morgan fingerprint density at radius 1 is 1.22 bits per heavy atom. The molecule has 9 heteroatoms. The molecule has 3 aromatic rings. The van der Waals surface area contributed by atoms with Crippen LogP contribution in [0.15, 0.2) is 43.1 Å². The average molecular weight is 334 g/mol. The molecule has 0 radical (unpaired) electrons. The van der Waals surface area contributed by atoms with Crippen LogP contribution in [-0.4, -0.2) is 41.8 Å². The van der Waals surface area contributed by atoms with Gasteiger partial charge in [0.25, 0.3) is 5.91 Å². The van der Waals surface area contributed by atoms with E-state index in [2.05, 4.69) is 20.6 Å². The van der Waals surface area contributed by atoms with Crippen LogP contribution in [0.2, 0.25) is 5.02 Å². The molecule has 8 nitrogen and oxygen atoms in total. The van der Waals surface area contributed by atoms with Crippen molar-refractivity contribution in [3.05, 3.63) is 53.8 Å². The summed E-state index contributed by atoms with van der Waals surface area (Å²) in [5.41, 5.74) is 0.388. The van der Waals surface area contributed by atoms with Gasteiger partial charge in [-0.3, -0.25) is 18.8 Å². The highest BCUT2D eigenvalue weighted by atomic mass is 35.5. The van der Waals surface area contributed by atoms with Crippen LogP contribution in [0.3, 0.4) is 0 Å². The molecule has 0 aliphatic heterocycles. The molecule has 0 saturated heterocycles. The molecule has 0 saturated carbocycles. The number of hydrogen-bond donors (Lipinski definition) is 1. The van der Waals surface area contributed by atoms with Crippen LogP contribution >= 0.6 is 11.6 Å². The summed E-state index contributed by atoms with van der Waals surface area (Å²) in [6.07, 6.45) is 9.39. The summed E-state index contributed by atoms with van der Waals surface area (Å²) in [5, 5.41) is 15.9. The van der Waals surface area contributed by atoms with Crippen LogP contribution in [0.1, 0.15) is 16.9 Å². The van der Waals surface area contributed by atoms with Crippen LogP contribution < -0.4 is 5.32 Å². The van der Waals surface area contributed by atoms with Gasteiger partial charge in [-0.1, -0.05) is 11.6 Å². The Hall–Kier alpha value is -2.61. The Morgan fingerprint density at radius 3 is 2.87 bits per heavy atom. The molecule has 0 bridgehead atoms. The first kappa shape index (κ1) is 15.3. The molecule has 3 heterocycles. The quantitative estimate of drug-likeness (QED) is 0.660. The molecular formula is C14H16ClN7O. The minimum Gasteiger partial charge on any atom is -0.351 e. The molecule has 3 rings (SSSR count). The van der Waals surface area contributed by atoms with E-state index < -0.39 is 0 Å². The van der Waals surface area contributed by atoms with Crippen LogP contribution in [0, 0.1) is 0 Å². The molecule has 23 heavy (non-hydrogen) atoms. The van der Waals surface area contributed by atoms with Gasteiger partial charge in [-0.25, -0.2) is 0 Å². The first-order valence-electron chi connectivity index (χ1n) is 7.18. The van der Waals surface area contributed by atoms with Gasteiger partial charge in [-0.2, -0.15) is 15.3 Å². The van der Waals surface area contributed by atoms with Crippen molar-refractivity contribution in [3.8, 4) is 0 Å². The second kappa shape index (κ2) is 7.10. The van der Waals surface area contributed by atoms with E-state index in [1.54, 1.807) is 44.9 Å². The van der Waals surface area contributed by atoms with Crippen molar-refractivity contribution in [1.82, 2.24) is 34.7 Å². The number of aromatic nitrogens is 6. The van der Waals surface area contributed by atoms with Crippen molar-refractivity contribution in [2.75, 3.05) is 6.54 Å². The van der Waals surface area contributed by atoms with E-state index in [1.807, 2.05) is 12.3 Å². The predicted molar refractivity (Wildman–Crippen MR) is 84.0 cm³/mol. The minimum atomic E-state index is -0.192. The Balaban J connectivity index is 1.44. The van der Waals surface area contributed by atoms with Gasteiger partial charge in [-0.15, -0.1) is 0 Å². The maximum atomic E-state index is 12.0. The molecule has 3 aromatic heterocycles. The van der Waals surface area contributed by atoms with Crippen LogP contribution in [0.5, 0.6) is 0 Å². The molecule has 1 N–H and O–H groups in total. The molecular weight excluding hydrogens is 318 g/mol. The second-order valence-corrected chi connectivity index (χ2v) is 5.39. The van der Waals surface area contributed by atoms with E-state index >= 15 is 0 Å². The van der Waals surface area contributed by atoms with Gasteiger partial charge in [0.05, 0.1) is 11.2 Å². The van der Waals surface area contributed by atoms with Gasteiger partial charge in [0.2, 0.25) is 0 Å². The summed E-state index contributed by atoms with van der Waals surface area (Å²) in [5.74, 6) is -0.192. The van der Waals surface area contributed by atoms with E-state index in [-0.39, 0.29) is 5.91 Å². The number of rotatable bonds is 7. The van der Waals surface area contributed by atoms with Gasteiger partial charge in [-0.05, 0) is 18.6 Å². The largest absolute Gasteiger partial charge is 0.351 e. The van der Waals surface area contributed by atoms with E-state index in [9.17, 15) is 4.79 Å². The van der Waals surface area contributed by atoms with Crippen LogP contribution in [-0.2, 0) is 13.2 Å². The lowest BCUT2D eigenvalue weighted by Gasteiger charge is -2.04. The molecule has 0 aromatic carbocycles. The SMILES string of the molecule is O=C(NCCCn1cc(Cl)cn1)c1ccn(Cn2cccn2)n1. The standard InChI is InChI=1S/C14H16ClN7O/c15-12-9-18-20(10-12)6-1-4-16-14(23)13-3-8-22(19-13)11-21-7-2-5-17-21/h2-3,5,7-10H,1,4,6,11H2,(H,16,23). The summed E-state index contributed by atoms with van der Waals surface area (Å²) in [6.45, 7) is 1.71. The lowest BCUT2D eigenvalue weighted by Crippen LogP contribution is -2.26. The molecule has 120 valence electrons. The molecule has 0 spiro atoms. The van der Waals surface area contributed by atoms with E-state index in [4.69, 9.17) is 11.6 Å². The van der Waals surface area contributed by atoms with Crippen molar-refractivity contribution in [2.45, 2.75) is 19.6 Å². The third-order valence-electron chi connectivity index (χ3n) is 3.17. The number of aryl methyl sites for hydroxylation is 1. The van der Waals surface area contributed by atoms with Gasteiger partial charge < -0.3 is 5.32 Å². The zero-order valence-electron chi connectivity index (χ0n) is 12.3. The van der Waals surface area contributed by atoms with E-state index in [1.165, 1.54) is 0 Å². The number of carbonyl (C=O) groups excluding carboxylic acids is 1. The number of carbonyl (C=O) groups is 1. The molecule has 0 aliphatic rings. The van der Waals surface area contributed by atoms with Crippen molar-refractivity contribution in [3.63, 3.8) is 0 Å². The molecule has 0 unspecified atom stereocenters. The monoisotopic (exact) mass is 333 g/mol. The van der Waals surface area contributed by atoms with Crippen LogP contribution in [0.25, 0.3) is 0 Å². The number of nitrogens with one attached hydrogen (secondary N) is 1. The predicted octanol–water partition coefficient (Wildman–Crippen LogP) is 1.26. The summed E-state index contributed by atoms with van der Waals surface area (Å²) >= 11 is 5.79. The maximum absolute atomic E-state index is 12.0. The fourth-order valence-electron chi connectivity index (χ4n) is 2.09. The third-order valence-corrected chi connectivity index (χ3v) is 3.37. The number of nitrogens with zero attached hydrogens (tertiary/aromatic N) is 6. The molecule has 0 fully saturated rings. The molecule has 0 aliphatic carbocycles. The Bertz CT molecular complexity index is 762. The minimum absolute atomic E-state index is 0.192. The van der Waals surface area contributed by atoms with Crippen molar-refractivity contribution in [2.24, 2.45) is 0 Å². The maximum Gasteiger partial charge on any atom is 0.271 e. The molecule has 0 atom stereocenters. The number of amides is 1. The van der Waals surface area contributed by atoms with Crippen molar-refractivity contribution in [1.29, 1.82) is 0 Å². The Morgan fingerprint density at radius 2 is 2.13 bits per heavy atom. The zero-order chi connectivity index (χ0) is 16.1. The smallest absolute Gasteiger partial charge is 0.271 e. The normalized spacial score (nSPS) is 10.8. The Labute approximate surface area is 137 Å². The first-order valence-corrected chi connectivity index (χ1v) is 7.55. The number of hydrogen-bond acceptors (Lipinski definition) is 4. The Kier molecular flexibility index (Phi) is 4.72. The summed E-state index contributed by atoms with van der Waals surface area (Å²) < 4.78 is 5.13. The number of halogens is 1. The van der Waals surface area contributed by atoms with Gasteiger partial charge in [0.1, 0.15) is 12.4 Å². The average Bonchev–Trinajstić information content (AvgIpc) is 3.26. The zero-order valence-corrected chi connectivity index (χ0v) is 13.1. The summed E-state index contributed by atoms with van der Waals surface area (Å²) in [6, 6.07) is 3.52. The topological polar surface area (TPSA) is 82.6 Å². The summed E-state index contributed by atoms with van der Waals surface area (Å²) in [7, 11) is 0. The van der Waals surface area contributed by atoms with Crippen molar-refractivity contribution >= 4 is 17.5 Å². The van der Waals surface area contributed by atoms with Gasteiger partial charge in [0.15, 0.2) is 0 Å². The van der Waals surface area contributed by atoms with Crippen molar-refractivity contribution < 1.29 is 4.79 Å². The highest BCUT2D eigenvalue weighted by Gasteiger charge is 2.09. The van der Waals surface area contributed by atoms with Crippen LogP contribution in [0.4, 0.5) is 0 Å². The third kappa shape index (κ3) is 4.19. The van der Waals surface area contributed by atoms with E-state index in [0.29, 0.717) is 30.5 Å². The van der Waals surface area contributed by atoms with E-state index in [0.717, 1.165) is 6.42 Å². The molecule has 1 amide bonds. The van der Waals surface area contributed by atoms with Gasteiger partial charge in [0, 0.05) is 37.9 Å².